The number of aromatic nitrogens is 5. The number of pyridine rings is 2. The molecule has 0 spiro atoms. The van der Waals surface area contributed by atoms with Gasteiger partial charge in [0.25, 0.3) is 0 Å². The number of H-pyrrole nitrogens is 1. The van der Waals surface area contributed by atoms with Crippen LogP contribution in [0.15, 0.2) is 48.9 Å². The van der Waals surface area contributed by atoms with Gasteiger partial charge < -0.3 is 10.7 Å². The van der Waals surface area contributed by atoms with E-state index in [9.17, 15) is 4.39 Å². The fourth-order valence-electron chi connectivity index (χ4n) is 4.03. The molecule has 5 aromatic rings. The molecule has 1 aliphatic rings. The smallest absolute Gasteiger partial charge is 0.163 e. The molecule has 0 unspecified atom stereocenters. The van der Waals surface area contributed by atoms with Crippen LogP contribution in [0.2, 0.25) is 5.02 Å². The van der Waals surface area contributed by atoms with Crippen molar-refractivity contribution in [2.75, 3.05) is 5.73 Å². The molecule has 0 radical (unpaired) electrons. The van der Waals surface area contributed by atoms with Gasteiger partial charge in [0, 0.05) is 40.0 Å². The average molecular weight is 431 g/mol. The second-order valence-corrected chi connectivity index (χ2v) is 8.16. The van der Waals surface area contributed by atoms with Gasteiger partial charge in [-0.1, -0.05) is 11.6 Å². The third kappa shape index (κ3) is 3.00. The molecular weight excluding hydrogens is 415 g/mol. The van der Waals surface area contributed by atoms with Gasteiger partial charge in [-0.15, -0.1) is 0 Å². The normalized spacial score (nSPS) is 13.9. The van der Waals surface area contributed by atoms with E-state index in [4.69, 9.17) is 22.3 Å². The van der Waals surface area contributed by atoms with Crippen LogP contribution in [0.1, 0.15) is 24.3 Å². The minimum absolute atomic E-state index is 0.365. The Morgan fingerprint density at radius 1 is 1.06 bits per heavy atom. The van der Waals surface area contributed by atoms with Crippen LogP contribution in [0.5, 0.6) is 0 Å². The molecule has 3 N–H and O–H groups in total. The van der Waals surface area contributed by atoms with E-state index in [1.54, 1.807) is 12.4 Å². The quantitative estimate of drug-likeness (QED) is 0.395. The molecule has 8 heteroatoms. The van der Waals surface area contributed by atoms with Crippen LogP contribution in [-0.4, -0.2) is 24.9 Å². The number of hydrogen-bond donors (Lipinski definition) is 2. The van der Waals surface area contributed by atoms with Gasteiger partial charge in [0.1, 0.15) is 17.3 Å². The first-order valence-electron chi connectivity index (χ1n) is 9.93. The van der Waals surface area contributed by atoms with E-state index in [1.807, 2.05) is 18.3 Å². The lowest BCUT2D eigenvalue weighted by Gasteiger charge is -2.09. The predicted octanol–water partition coefficient (Wildman–Crippen LogP) is 5.49. The summed E-state index contributed by atoms with van der Waals surface area (Å²) in [4.78, 5) is 21.4. The van der Waals surface area contributed by atoms with E-state index < -0.39 is 0 Å². The number of rotatable bonds is 3. The summed E-state index contributed by atoms with van der Waals surface area (Å²) in [5.41, 5.74) is 10.8. The number of halogens is 2. The first kappa shape index (κ1) is 18.2. The standard InChI is InChI=1S/C23H16ClFN6/c24-17-4-3-12(25)7-15(17)18-8-14-13(5-6-28-22(14)29-18)23-30-19-10-27-9-16(11-1-2-11)20(19)21(26)31-23/h3-11H,1-2H2,(H,28,29)(H2,26,30,31). The summed E-state index contributed by atoms with van der Waals surface area (Å²) in [6.45, 7) is 0. The van der Waals surface area contributed by atoms with Crippen molar-refractivity contribution in [1.29, 1.82) is 0 Å². The number of anilines is 1. The van der Waals surface area contributed by atoms with Crippen LogP contribution >= 0.6 is 11.6 Å². The molecule has 6 rings (SSSR count). The average Bonchev–Trinajstić information content (AvgIpc) is 3.52. The number of nitrogens with one attached hydrogen (secondary N) is 1. The molecule has 0 aliphatic heterocycles. The van der Waals surface area contributed by atoms with Gasteiger partial charge in [0.15, 0.2) is 5.82 Å². The van der Waals surface area contributed by atoms with E-state index in [0.717, 1.165) is 40.3 Å². The zero-order valence-corrected chi connectivity index (χ0v) is 17.0. The highest BCUT2D eigenvalue weighted by molar-refractivity contribution is 6.33. The summed E-state index contributed by atoms with van der Waals surface area (Å²) in [6, 6.07) is 7.96. The highest BCUT2D eigenvalue weighted by Gasteiger charge is 2.27. The first-order valence-corrected chi connectivity index (χ1v) is 10.3. The number of aromatic amines is 1. The summed E-state index contributed by atoms with van der Waals surface area (Å²) in [5, 5.41) is 2.12. The number of nitrogen functional groups attached to an aromatic ring is 1. The first-order chi connectivity index (χ1) is 15.1. The Morgan fingerprint density at radius 2 is 1.94 bits per heavy atom. The van der Waals surface area contributed by atoms with E-state index in [-0.39, 0.29) is 5.82 Å². The van der Waals surface area contributed by atoms with E-state index in [0.29, 0.717) is 39.5 Å². The minimum Gasteiger partial charge on any atom is -0.383 e. The number of nitrogens with zero attached hydrogens (tertiary/aromatic N) is 4. The van der Waals surface area contributed by atoms with Gasteiger partial charge in [-0.3, -0.25) is 4.98 Å². The number of benzene rings is 1. The summed E-state index contributed by atoms with van der Waals surface area (Å²) in [6.07, 6.45) is 7.54. The number of nitrogens with two attached hydrogens (primary N) is 1. The van der Waals surface area contributed by atoms with Gasteiger partial charge in [-0.2, -0.15) is 0 Å². The third-order valence-electron chi connectivity index (χ3n) is 5.67. The van der Waals surface area contributed by atoms with Crippen LogP contribution in [0, 0.1) is 5.82 Å². The van der Waals surface area contributed by atoms with Crippen molar-refractivity contribution in [3.8, 4) is 22.6 Å². The Bertz CT molecular complexity index is 1490. The van der Waals surface area contributed by atoms with Crippen molar-refractivity contribution < 1.29 is 4.39 Å². The van der Waals surface area contributed by atoms with Crippen LogP contribution in [-0.2, 0) is 0 Å². The SMILES string of the molecule is Nc1nc(-c2ccnc3[nH]c(-c4cc(F)ccc4Cl)cc23)nc2cncc(C3CC3)c12. The van der Waals surface area contributed by atoms with Gasteiger partial charge in [0.2, 0.25) is 0 Å². The highest BCUT2D eigenvalue weighted by atomic mass is 35.5. The zero-order chi connectivity index (χ0) is 21.1. The predicted molar refractivity (Wildman–Crippen MR) is 119 cm³/mol. The lowest BCUT2D eigenvalue weighted by molar-refractivity contribution is 0.628. The molecule has 1 saturated carbocycles. The van der Waals surface area contributed by atoms with E-state index >= 15 is 0 Å². The van der Waals surface area contributed by atoms with Crippen molar-refractivity contribution in [3.63, 3.8) is 0 Å². The Kier molecular flexibility index (Phi) is 3.94. The van der Waals surface area contributed by atoms with Crippen molar-refractivity contribution >= 4 is 39.4 Å². The molecule has 31 heavy (non-hydrogen) atoms. The van der Waals surface area contributed by atoms with Crippen molar-refractivity contribution in [3.05, 3.63) is 65.3 Å². The molecule has 1 aliphatic carbocycles. The van der Waals surface area contributed by atoms with Gasteiger partial charge in [-0.05, 0) is 54.7 Å². The molecule has 0 saturated heterocycles. The second-order valence-electron chi connectivity index (χ2n) is 7.76. The zero-order valence-electron chi connectivity index (χ0n) is 16.2. The molecule has 1 fully saturated rings. The Balaban J connectivity index is 1.54. The molecule has 4 aromatic heterocycles. The van der Waals surface area contributed by atoms with Crippen LogP contribution in [0.25, 0.3) is 44.6 Å². The van der Waals surface area contributed by atoms with Gasteiger partial charge in [0.05, 0.1) is 16.7 Å². The molecule has 0 amide bonds. The Labute approximate surface area is 181 Å². The van der Waals surface area contributed by atoms with Crippen molar-refractivity contribution in [2.45, 2.75) is 18.8 Å². The second kappa shape index (κ2) is 6.72. The largest absolute Gasteiger partial charge is 0.383 e. The summed E-state index contributed by atoms with van der Waals surface area (Å²) in [5.74, 6) is 1.06. The van der Waals surface area contributed by atoms with Crippen molar-refractivity contribution in [2.24, 2.45) is 0 Å². The molecule has 0 bridgehead atoms. The van der Waals surface area contributed by atoms with Crippen LogP contribution in [0.3, 0.4) is 0 Å². The van der Waals surface area contributed by atoms with Gasteiger partial charge >= 0.3 is 0 Å². The van der Waals surface area contributed by atoms with E-state index in [2.05, 4.69) is 19.9 Å². The number of fused-ring (bicyclic) bond motifs is 2. The maximum Gasteiger partial charge on any atom is 0.163 e. The van der Waals surface area contributed by atoms with Crippen LogP contribution < -0.4 is 5.73 Å². The Hall–Kier alpha value is -3.58. The monoisotopic (exact) mass is 430 g/mol. The summed E-state index contributed by atoms with van der Waals surface area (Å²) >= 11 is 6.29. The minimum atomic E-state index is -0.365. The number of hydrogen-bond acceptors (Lipinski definition) is 5. The molecule has 0 atom stereocenters. The maximum absolute atomic E-state index is 13.8. The molecule has 4 heterocycles. The third-order valence-corrected chi connectivity index (χ3v) is 6.00. The van der Waals surface area contributed by atoms with Crippen molar-refractivity contribution in [1.82, 2.24) is 24.9 Å². The van der Waals surface area contributed by atoms with E-state index in [1.165, 1.54) is 18.2 Å². The fraction of sp³-hybridized carbons (Fsp3) is 0.130. The fourth-order valence-corrected chi connectivity index (χ4v) is 4.25. The summed E-state index contributed by atoms with van der Waals surface area (Å²) < 4.78 is 13.8. The highest BCUT2D eigenvalue weighted by Crippen LogP contribution is 2.44. The Morgan fingerprint density at radius 3 is 2.77 bits per heavy atom. The molecule has 1 aromatic carbocycles. The lowest BCUT2D eigenvalue weighted by Crippen LogP contribution is -2.01. The van der Waals surface area contributed by atoms with Gasteiger partial charge in [-0.25, -0.2) is 19.3 Å². The maximum atomic E-state index is 13.8. The van der Waals surface area contributed by atoms with Crippen LogP contribution in [0.4, 0.5) is 10.2 Å². The summed E-state index contributed by atoms with van der Waals surface area (Å²) in [7, 11) is 0. The molecule has 6 nitrogen and oxygen atoms in total. The molecular formula is C23H16ClFN6. The lowest BCUT2D eigenvalue weighted by atomic mass is 10.1. The topological polar surface area (TPSA) is 93.4 Å². The molecule has 152 valence electrons.